The molecule has 1 aromatic carbocycles. The minimum atomic E-state index is 0.221. The van der Waals surface area contributed by atoms with Crippen molar-refractivity contribution in [2.24, 2.45) is 0 Å². The monoisotopic (exact) mass is 305 g/mol. The van der Waals surface area contributed by atoms with Crippen molar-refractivity contribution in [2.45, 2.75) is 19.9 Å². The van der Waals surface area contributed by atoms with Crippen molar-refractivity contribution in [3.63, 3.8) is 0 Å². The Balaban J connectivity index is 2.78. The first-order valence-electron chi connectivity index (χ1n) is 5.45. The number of hydrogen-bond donors (Lipinski definition) is 1. The van der Waals surface area contributed by atoms with Crippen molar-refractivity contribution in [2.75, 3.05) is 19.8 Å². The fourth-order valence-electron chi connectivity index (χ4n) is 1.48. The van der Waals surface area contributed by atoms with Crippen molar-refractivity contribution in [3.05, 3.63) is 33.3 Å². The van der Waals surface area contributed by atoms with Crippen LogP contribution in [0.2, 0.25) is 5.02 Å². The predicted molar refractivity (Wildman–Crippen MR) is 72.1 cm³/mol. The highest BCUT2D eigenvalue weighted by molar-refractivity contribution is 9.10. The quantitative estimate of drug-likeness (QED) is 0.863. The van der Waals surface area contributed by atoms with Gasteiger partial charge in [-0.1, -0.05) is 24.6 Å². The smallest absolute Gasteiger partial charge is 0.0661 e. The summed E-state index contributed by atoms with van der Waals surface area (Å²) in [6.45, 7) is 6.41. The Kier molecular flexibility index (Phi) is 6.36. The second-order valence-electron chi connectivity index (χ2n) is 3.44. The van der Waals surface area contributed by atoms with Gasteiger partial charge in [0, 0.05) is 11.1 Å². The highest BCUT2D eigenvalue weighted by Crippen LogP contribution is 2.26. The van der Waals surface area contributed by atoms with Gasteiger partial charge in [0.1, 0.15) is 0 Å². The average molecular weight is 307 g/mol. The fourth-order valence-corrected chi connectivity index (χ4v) is 2.00. The van der Waals surface area contributed by atoms with Gasteiger partial charge in [-0.3, -0.25) is 0 Å². The summed E-state index contributed by atoms with van der Waals surface area (Å²) >= 11 is 9.40. The number of nitrogens with one attached hydrogen (secondary N) is 1. The molecule has 0 aromatic heterocycles. The van der Waals surface area contributed by atoms with Gasteiger partial charge >= 0.3 is 0 Å². The number of rotatable bonds is 6. The van der Waals surface area contributed by atoms with Gasteiger partial charge in [0.2, 0.25) is 0 Å². The van der Waals surface area contributed by atoms with Gasteiger partial charge in [-0.2, -0.15) is 0 Å². The summed E-state index contributed by atoms with van der Waals surface area (Å²) in [6, 6.07) is 6.18. The first-order valence-corrected chi connectivity index (χ1v) is 6.62. The van der Waals surface area contributed by atoms with E-state index in [9.17, 15) is 0 Å². The molecule has 1 rings (SSSR count). The van der Waals surface area contributed by atoms with Gasteiger partial charge in [-0.05, 0) is 47.1 Å². The maximum Gasteiger partial charge on any atom is 0.0661 e. The normalized spacial score (nSPS) is 12.8. The summed E-state index contributed by atoms with van der Waals surface area (Å²) in [7, 11) is 0. The lowest BCUT2D eigenvalue weighted by molar-refractivity contribution is 0.123. The van der Waals surface area contributed by atoms with Crippen molar-refractivity contribution in [3.8, 4) is 0 Å². The molecule has 0 radical (unpaired) electrons. The van der Waals surface area contributed by atoms with Gasteiger partial charge in [0.25, 0.3) is 0 Å². The molecule has 0 saturated heterocycles. The maximum absolute atomic E-state index is 5.97. The minimum absolute atomic E-state index is 0.221. The van der Waals surface area contributed by atoms with Crippen LogP contribution in [0.4, 0.5) is 0 Å². The number of halogens is 2. The largest absolute Gasteiger partial charge is 0.380 e. The topological polar surface area (TPSA) is 21.3 Å². The fraction of sp³-hybridized carbons (Fsp3) is 0.500. The summed E-state index contributed by atoms with van der Waals surface area (Å²) in [4.78, 5) is 0. The molecule has 0 aliphatic rings. The Morgan fingerprint density at radius 1 is 1.44 bits per heavy atom. The molecule has 4 heteroatoms. The summed E-state index contributed by atoms with van der Waals surface area (Å²) < 4.78 is 6.38. The molecule has 0 amide bonds. The van der Waals surface area contributed by atoms with Gasteiger partial charge in [-0.15, -0.1) is 0 Å². The van der Waals surface area contributed by atoms with Crippen LogP contribution in [0.15, 0.2) is 22.7 Å². The zero-order chi connectivity index (χ0) is 12.0. The maximum atomic E-state index is 5.97. The van der Waals surface area contributed by atoms with E-state index in [2.05, 4.69) is 28.2 Å². The van der Waals surface area contributed by atoms with E-state index in [1.807, 2.05) is 25.1 Å². The zero-order valence-corrected chi connectivity index (χ0v) is 11.9. The highest BCUT2D eigenvalue weighted by Gasteiger charge is 2.11. The summed E-state index contributed by atoms with van der Waals surface area (Å²) in [5, 5.41) is 4.12. The van der Waals surface area contributed by atoms with Crippen molar-refractivity contribution < 1.29 is 4.74 Å². The van der Waals surface area contributed by atoms with Crippen molar-refractivity contribution >= 4 is 27.5 Å². The van der Waals surface area contributed by atoms with Gasteiger partial charge < -0.3 is 10.1 Å². The average Bonchev–Trinajstić information content (AvgIpc) is 2.28. The Morgan fingerprint density at radius 2 is 2.19 bits per heavy atom. The van der Waals surface area contributed by atoms with Crippen LogP contribution < -0.4 is 5.32 Å². The number of benzene rings is 1. The summed E-state index contributed by atoms with van der Waals surface area (Å²) in [6.07, 6.45) is 0. The van der Waals surface area contributed by atoms with Crippen LogP contribution in [0.5, 0.6) is 0 Å². The number of ether oxygens (including phenoxy) is 1. The Labute approximate surface area is 110 Å². The molecular weight excluding hydrogens is 289 g/mol. The standard InChI is InChI=1S/C12H17BrClNO/c1-3-15-12(8-16-4-2)9-5-6-11(14)10(13)7-9/h5-7,12,15H,3-4,8H2,1-2H3. The summed E-state index contributed by atoms with van der Waals surface area (Å²) in [5.41, 5.74) is 1.19. The third-order valence-corrected chi connectivity index (χ3v) is 3.50. The van der Waals surface area contributed by atoms with Crippen LogP contribution in [0, 0.1) is 0 Å². The highest BCUT2D eigenvalue weighted by atomic mass is 79.9. The van der Waals surface area contributed by atoms with E-state index in [0.29, 0.717) is 6.61 Å². The number of likely N-dealkylation sites (N-methyl/N-ethyl adjacent to an activating group) is 1. The van der Waals surface area contributed by atoms with Crippen LogP contribution in [0.1, 0.15) is 25.5 Å². The van der Waals surface area contributed by atoms with Gasteiger partial charge in [0.15, 0.2) is 0 Å². The second-order valence-corrected chi connectivity index (χ2v) is 4.70. The molecule has 0 fully saturated rings. The van der Waals surface area contributed by atoms with Crippen LogP contribution in [-0.4, -0.2) is 19.8 Å². The van der Waals surface area contributed by atoms with E-state index in [-0.39, 0.29) is 6.04 Å². The van der Waals surface area contributed by atoms with Crippen LogP contribution in [-0.2, 0) is 4.74 Å². The SMILES string of the molecule is CCNC(COCC)c1ccc(Cl)c(Br)c1. The third kappa shape index (κ3) is 4.06. The third-order valence-electron chi connectivity index (χ3n) is 2.29. The van der Waals surface area contributed by atoms with E-state index in [1.165, 1.54) is 5.56 Å². The minimum Gasteiger partial charge on any atom is -0.380 e. The molecular formula is C12H17BrClNO. The van der Waals surface area contributed by atoms with E-state index >= 15 is 0 Å². The lowest BCUT2D eigenvalue weighted by atomic mass is 10.1. The lowest BCUT2D eigenvalue weighted by Gasteiger charge is -2.18. The molecule has 90 valence electrons. The van der Waals surface area contributed by atoms with E-state index in [0.717, 1.165) is 22.6 Å². The lowest BCUT2D eigenvalue weighted by Crippen LogP contribution is -2.25. The first kappa shape index (κ1) is 14.0. The van der Waals surface area contributed by atoms with Gasteiger partial charge in [0.05, 0.1) is 17.7 Å². The van der Waals surface area contributed by atoms with Crippen LogP contribution in [0.3, 0.4) is 0 Å². The molecule has 0 saturated carbocycles. The molecule has 2 nitrogen and oxygen atoms in total. The Morgan fingerprint density at radius 3 is 2.75 bits per heavy atom. The molecule has 1 N–H and O–H groups in total. The van der Waals surface area contributed by atoms with E-state index in [4.69, 9.17) is 16.3 Å². The van der Waals surface area contributed by atoms with Crippen molar-refractivity contribution in [1.82, 2.24) is 5.32 Å². The van der Waals surface area contributed by atoms with Crippen LogP contribution in [0.25, 0.3) is 0 Å². The predicted octanol–water partition coefficient (Wildman–Crippen LogP) is 3.79. The molecule has 0 heterocycles. The molecule has 1 aromatic rings. The molecule has 1 atom stereocenters. The van der Waals surface area contributed by atoms with Crippen LogP contribution >= 0.6 is 27.5 Å². The Hall–Kier alpha value is -0.0900. The Bertz CT molecular complexity index is 333. The molecule has 0 bridgehead atoms. The number of hydrogen-bond acceptors (Lipinski definition) is 2. The summed E-state index contributed by atoms with van der Waals surface area (Å²) in [5.74, 6) is 0. The molecule has 0 aliphatic carbocycles. The zero-order valence-electron chi connectivity index (χ0n) is 9.59. The molecule has 1 unspecified atom stereocenters. The second kappa shape index (κ2) is 7.28. The molecule has 0 spiro atoms. The van der Waals surface area contributed by atoms with Crippen molar-refractivity contribution in [1.29, 1.82) is 0 Å². The van der Waals surface area contributed by atoms with Gasteiger partial charge in [-0.25, -0.2) is 0 Å². The van der Waals surface area contributed by atoms with E-state index in [1.54, 1.807) is 0 Å². The van der Waals surface area contributed by atoms with E-state index < -0.39 is 0 Å². The molecule has 0 aliphatic heterocycles. The molecule has 16 heavy (non-hydrogen) atoms. The first-order chi connectivity index (χ1) is 7.69.